The van der Waals surface area contributed by atoms with Gasteiger partial charge >= 0.3 is 0 Å². The number of benzene rings is 1. The fourth-order valence-corrected chi connectivity index (χ4v) is 2.19. The molecule has 0 saturated heterocycles. The predicted octanol–water partition coefficient (Wildman–Crippen LogP) is 4.15. The van der Waals surface area contributed by atoms with Gasteiger partial charge in [-0.05, 0) is 5.56 Å². The Bertz CT molecular complexity index is 696. The van der Waals surface area contributed by atoms with Gasteiger partial charge in [-0.3, -0.25) is 0 Å². The lowest BCUT2D eigenvalue weighted by molar-refractivity contribution is 0.104. The van der Waals surface area contributed by atoms with Crippen LogP contribution in [0.2, 0.25) is 5.15 Å². The molecule has 2 aromatic rings. The van der Waals surface area contributed by atoms with E-state index in [1.807, 2.05) is 6.07 Å². The molecule has 0 spiro atoms. The van der Waals surface area contributed by atoms with Crippen LogP contribution >= 0.6 is 20.8 Å². The number of hydrogen-bond acceptors (Lipinski definition) is 3. The van der Waals surface area contributed by atoms with Gasteiger partial charge in [0.25, 0.3) is 5.66 Å². The maximum atomic E-state index is 13.1. The monoisotopic (exact) mass is 340 g/mol. The molecule has 0 aliphatic heterocycles. The molecular formula is C15H12ClF2N2OP. The van der Waals surface area contributed by atoms with Crippen molar-refractivity contribution in [2.24, 2.45) is 0 Å². The number of halogens is 3. The van der Waals surface area contributed by atoms with Crippen molar-refractivity contribution in [1.29, 1.82) is 5.26 Å². The third kappa shape index (κ3) is 4.62. The Hall–Kier alpha value is -1.76. The van der Waals surface area contributed by atoms with Crippen molar-refractivity contribution in [2.75, 3.05) is 6.61 Å². The molecule has 22 heavy (non-hydrogen) atoms. The summed E-state index contributed by atoms with van der Waals surface area (Å²) < 4.78 is 31.6. The fraction of sp³-hybridized carbons (Fsp3) is 0.200. The van der Waals surface area contributed by atoms with E-state index in [4.69, 9.17) is 21.6 Å². The first kappa shape index (κ1) is 16.6. The Balaban J connectivity index is 1.94. The Kier molecular flexibility index (Phi) is 5.28. The highest BCUT2D eigenvalue weighted by Gasteiger charge is 2.23. The number of rotatable bonds is 5. The molecule has 2 rings (SSSR count). The van der Waals surface area contributed by atoms with Crippen molar-refractivity contribution in [3.63, 3.8) is 0 Å². The number of aromatic nitrogens is 1. The molecule has 0 bridgehead atoms. The van der Waals surface area contributed by atoms with Crippen LogP contribution in [0.5, 0.6) is 5.75 Å². The summed E-state index contributed by atoms with van der Waals surface area (Å²) in [5.41, 5.74) is -1.92. The second-order valence-corrected chi connectivity index (χ2v) is 5.65. The molecule has 3 nitrogen and oxygen atoms in total. The van der Waals surface area contributed by atoms with E-state index in [0.29, 0.717) is 18.8 Å². The largest absolute Gasteiger partial charge is 0.493 e. The van der Waals surface area contributed by atoms with Crippen LogP contribution in [0.1, 0.15) is 16.8 Å². The summed E-state index contributed by atoms with van der Waals surface area (Å²) in [6.45, 7) is 0.335. The quantitative estimate of drug-likeness (QED) is 0.606. The maximum absolute atomic E-state index is 13.1. The zero-order chi connectivity index (χ0) is 16.2. The highest BCUT2D eigenvalue weighted by Crippen LogP contribution is 2.34. The van der Waals surface area contributed by atoms with E-state index in [0.717, 1.165) is 5.56 Å². The van der Waals surface area contributed by atoms with Crippen molar-refractivity contribution < 1.29 is 13.5 Å². The normalized spacial score (nSPS) is 11.0. The number of alkyl halides is 2. The maximum Gasteiger partial charge on any atom is 0.283 e. The van der Waals surface area contributed by atoms with E-state index >= 15 is 0 Å². The van der Waals surface area contributed by atoms with E-state index < -0.39 is 5.66 Å². The van der Waals surface area contributed by atoms with Crippen LogP contribution in [0.25, 0.3) is 0 Å². The molecule has 0 fully saturated rings. The average molecular weight is 341 g/mol. The topological polar surface area (TPSA) is 45.9 Å². The molecule has 0 aliphatic rings. The predicted molar refractivity (Wildman–Crippen MR) is 83.2 cm³/mol. The van der Waals surface area contributed by atoms with Gasteiger partial charge < -0.3 is 4.74 Å². The minimum Gasteiger partial charge on any atom is -0.493 e. The zero-order valence-corrected chi connectivity index (χ0v) is 13.3. The molecule has 0 aliphatic carbocycles. The minimum atomic E-state index is -2.92. The molecule has 0 amide bonds. The van der Waals surface area contributed by atoms with Crippen LogP contribution in [0.4, 0.5) is 8.78 Å². The molecule has 7 heteroatoms. The highest BCUT2D eigenvalue weighted by molar-refractivity contribution is 7.17. The molecule has 1 aromatic heterocycles. The Morgan fingerprint density at radius 1 is 1.27 bits per heavy atom. The summed E-state index contributed by atoms with van der Waals surface area (Å²) in [5.74, 6) is 0.449. The van der Waals surface area contributed by atoms with Crippen molar-refractivity contribution in [3.05, 3.63) is 58.4 Å². The molecule has 1 aromatic carbocycles. The van der Waals surface area contributed by atoms with Gasteiger partial charge in [-0.2, -0.15) is 14.0 Å². The number of hydrogen-bond donors (Lipinski definition) is 0. The van der Waals surface area contributed by atoms with E-state index in [-0.39, 0.29) is 16.4 Å². The van der Waals surface area contributed by atoms with E-state index in [2.05, 4.69) is 4.98 Å². The molecule has 1 heterocycles. The summed E-state index contributed by atoms with van der Waals surface area (Å²) >= 11 is 5.77. The number of nitrogens with zero attached hydrogens (tertiary/aromatic N) is 2. The van der Waals surface area contributed by atoms with E-state index in [9.17, 15) is 8.78 Å². The SMILES string of the molecule is N#Cc1cc(OCCc2ccc(C(F)(F)P)cc2)cc(Cl)n1. The van der Waals surface area contributed by atoms with Gasteiger partial charge in [-0.15, -0.1) is 0 Å². The molecule has 114 valence electrons. The Morgan fingerprint density at radius 3 is 2.55 bits per heavy atom. The molecule has 1 unspecified atom stereocenters. The van der Waals surface area contributed by atoms with E-state index in [1.165, 1.54) is 33.5 Å². The van der Waals surface area contributed by atoms with Gasteiger partial charge in [0.15, 0.2) is 0 Å². The summed E-state index contributed by atoms with van der Waals surface area (Å²) in [4.78, 5) is 3.80. The second kappa shape index (κ2) is 7.00. The molecule has 0 N–H and O–H groups in total. The number of ether oxygens (including phenoxy) is 1. The molecular weight excluding hydrogens is 329 g/mol. The van der Waals surface area contributed by atoms with Gasteiger partial charge in [0.05, 0.1) is 6.61 Å². The second-order valence-electron chi connectivity index (χ2n) is 4.54. The first-order valence-electron chi connectivity index (χ1n) is 6.35. The number of nitriles is 1. The Morgan fingerprint density at radius 2 is 1.95 bits per heavy atom. The zero-order valence-electron chi connectivity index (χ0n) is 11.4. The smallest absolute Gasteiger partial charge is 0.283 e. The molecule has 0 radical (unpaired) electrons. The third-order valence-electron chi connectivity index (χ3n) is 2.88. The van der Waals surface area contributed by atoms with Crippen molar-refractivity contribution in [3.8, 4) is 11.8 Å². The van der Waals surface area contributed by atoms with Gasteiger partial charge in [0.1, 0.15) is 22.7 Å². The van der Waals surface area contributed by atoms with Crippen LogP contribution in [-0.4, -0.2) is 11.6 Å². The lowest BCUT2D eigenvalue weighted by Gasteiger charge is -2.11. The summed E-state index contributed by atoms with van der Waals surface area (Å²) in [6.07, 6.45) is 0.546. The summed E-state index contributed by atoms with van der Waals surface area (Å²) in [5, 5.41) is 8.97. The molecule has 0 saturated carbocycles. The molecule has 1 atom stereocenters. The van der Waals surface area contributed by atoms with Crippen LogP contribution in [0, 0.1) is 11.3 Å². The lowest BCUT2D eigenvalue weighted by Crippen LogP contribution is -2.04. The lowest BCUT2D eigenvalue weighted by atomic mass is 10.1. The first-order valence-corrected chi connectivity index (χ1v) is 7.30. The van der Waals surface area contributed by atoms with Crippen LogP contribution in [0.3, 0.4) is 0 Å². The highest BCUT2D eigenvalue weighted by atomic mass is 35.5. The van der Waals surface area contributed by atoms with Gasteiger partial charge in [-0.1, -0.05) is 45.1 Å². The Labute approximate surface area is 134 Å². The van der Waals surface area contributed by atoms with E-state index in [1.54, 1.807) is 12.1 Å². The fourth-order valence-electron chi connectivity index (χ4n) is 1.79. The summed E-state index contributed by atoms with van der Waals surface area (Å²) in [6, 6.07) is 10.9. The van der Waals surface area contributed by atoms with Crippen molar-refractivity contribution in [2.45, 2.75) is 12.1 Å². The first-order chi connectivity index (χ1) is 10.4. The van der Waals surface area contributed by atoms with Crippen molar-refractivity contribution >= 4 is 20.8 Å². The van der Waals surface area contributed by atoms with Gasteiger partial charge in [0, 0.05) is 24.1 Å². The number of pyridine rings is 1. The summed E-state index contributed by atoms with van der Waals surface area (Å²) in [7, 11) is 1.51. The standard InChI is InChI=1S/C15H12ClF2N2OP/c16-14-8-13(7-12(9-19)20-14)21-6-5-10-1-3-11(4-2-10)15(17,18)22/h1-4,7-8H,5-6,22H2. The van der Waals surface area contributed by atoms with Crippen molar-refractivity contribution in [1.82, 2.24) is 4.98 Å². The minimum absolute atomic E-state index is 0.0539. The third-order valence-corrected chi connectivity index (χ3v) is 3.41. The average Bonchev–Trinajstić information content (AvgIpc) is 2.46. The van der Waals surface area contributed by atoms with Gasteiger partial charge in [-0.25, -0.2) is 4.98 Å². The van der Waals surface area contributed by atoms with Crippen LogP contribution in [-0.2, 0) is 12.1 Å². The van der Waals surface area contributed by atoms with Crippen LogP contribution in [0.15, 0.2) is 36.4 Å². The van der Waals surface area contributed by atoms with Crippen LogP contribution < -0.4 is 4.74 Å². The van der Waals surface area contributed by atoms with Gasteiger partial charge in [0.2, 0.25) is 0 Å².